The number of aliphatic imine (C=N–C) groups is 1. The molecule has 0 unspecified atom stereocenters. The van der Waals surface area contributed by atoms with Crippen LogP contribution in [0.3, 0.4) is 0 Å². The van der Waals surface area contributed by atoms with Crippen molar-refractivity contribution in [2.45, 2.75) is 44.6 Å². The molecule has 0 radical (unpaired) electrons. The minimum Gasteiger partial charge on any atom is -0.353 e. The summed E-state index contributed by atoms with van der Waals surface area (Å²) in [6.45, 7) is 0.385. The first-order valence-electron chi connectivity index (χ1n) is 6.29. The van der Waals surface area contributed by atoms with Crippen LogP contribution in [0.5, 0.6) is 0 Å². The molecule has 0 amide bonds. The highest BCUT2D eigenvalue weighted by molar-refractivity contribution is 7.89. The predicted molar refractivity (Wildman–Crippen MR) is 72.2 cm³/mol. The first kappa shape index (κ1) is 15.2. The van der Waals surface area contributed by atoms with Crippen molar-refractivity contribution in [2.24, 2.45) is 16.0 Å². The highest BCUT2D eigenvalue weighted by atomic mass is 32.2. The van der Waals surface area contributed by atoms with Gasteiger partial charge in [-0.2, -0.15) is 0 Å². The summed E-state index contributed by atoms with van der Waals surface area (Å²) in [5, 5.41) is 8.14. The van der Waals surface area contributed by atoms with E-state index >= 15 is 0 Å². The third-order valence-electron chi connectivity index (χ3n) is 2.94. The number of hydrogen-bond acceptors (Lipinski definition) is 4. The van der Waals surface area contributed by atoms with Crippen LogP contribution in [0, 0.1) is 0 Å². The van der Waals surface area contributed by atoms with Gasteiger partial charge in [0, 0.05) is 12.6 Å². The Morgan fingerprint density at radius 1 is 1.28 bits per heavy atom. The standard InChI is InChI=1S/C10H23N5O2S/c11-15-10(13-7-4-8-18(12,16)17)14-9-5-2-1-3-6-9/h9H,1-8,11H2,(H2,12,16,17)(H2,13,14,15). The molecule has 1 fully saturated rings. The maximum absolute atomic E-state index is 10.7. The van der Waals surface area contributed by atoms with Crippen molar-refractivity contribution in [2.75, 3.05) is 12.3 Å². The highest BCUT2D eigenvalue weighted by Crippen LogP contribution is 2.17. The van der Waals surface area contributed by atoms with Crippen LogP contribution in [0.4, 0.5) is 0 Å². The van der Waals surface area contributed by atoms with E-state index in [1.54, 1.807) is 0 Å². The van der Waals surface area contributed by atoms with E-state index in [4.69, 9.17) is 11.0 Å². The van der Waals surface area contributed by atoms with E-state index < -0.39 is 10.0 Å². The fourth-order valence-electron chi connectivity index (χ4n) is 2.03. The third-order valence-corrected chi connectivity index (χ3v) is 3.80. The van der Waals surface area contributed by atoms with Gasteiger partial charge in [0.2, 0.25) is 16.0 Å². The molecule has 0 aromatic heterocycles. The summed E-state index contributed by atoms with van der Waals surface area (Å²) in [6, 6.07) is 0.409. The Morgan fingerprint density at radius 2 is 1.94 bits per heavy atom. The van der Waals surface area contributed by atoms with Crippen LogP contribution in [0.15, 0.2) is 4.99 Å². The smallest absolute Gasteiger partial charge is 0.209 e. The van der Waals surface area contributed by atoms with Gasteiger partial charge in [0.25, 0.3) is 0 Å². The highest BCUT2D eigenvalue weighted by Gasteiger charge is 2.14. The average molecular weight is 277 g/mol. The number of primary sulfonamides is 1. The third kappa shape index (κ3) is 6.77. The van der Waals surface area contributed by atoms with Crippen molar-refractivity contribution >= 4 is 16.0 Å². The van der Waals surface area contributed by atoms with Gasteiger partial charge in [-0.25, -0.2) is 19.4 Å². The lowest BCUT2D eigenvalue weighted by Gasteiger charge is -2.24. The fourth-order valence-corrected chi connectivity index (χ4v) is 2.56. The molecule has 0 heterocycles. The van der Waals surface area contributed by atoms with Gasteiger partial charge in [-0.1, -0.05) is 19.3 Å². The van der Waals surface area contributed by atoms with Crippen molar-refractivity contribution in [3.63, 3.8) is 0 Å². The predicted octanol–water partition coefficient (Wildman–Crippen LogP) is -0.593. The van der Waals surface area contributed by atoms with Crippen molar-refractivity contribution in [3.05, 3.63) is 0 Å². The zero-order chi connectivity index (χ0) is 13.4. The van der Waals surface area contributed by atoms with Crippen molar-refractivity contribution in [1.29, 1.82) is 0 Å². The van der Waals surface area contributed by atoms with E-state index in [-0.39, 0.29) is 5.75 Å². The second-order valence-electron chi connectivity index (χ2n) is 4.57. The monoisotopic (exact) mass is 277 g/mol. The molecule has 1 rings (SSSR count). The summed E-state index contributed by atoms with van der Waals surface area (Å²) in [5.41, 5.74) is 2.51. The Balaban J connectivity index is 2.30. The van der Waals surface area contributed by atoms with E-state index in [0.29, 0.717) is 25.0 Å². The molecule has 0 aliphatic heterocycles. The molecule has 0 bridgehead atoms. The van der Waals surface area contributed by atoms with Crippen LogP contribution in [-0.4, -0.2) is 32.7 Å². The van der Waals surface area contributed by atoms with Gasteiger partial charge in [-0.05, 0) is 19.3 Å². The molecule has 18 heavy (non-hydrogen) atoms. The normalized spacial score (nSPS) is 18.7. The Hall–Kier alpha value is -0.860. The van der Waals surface area contributed by atoms with Crippen LogP contribution < -0.4 is 21.7 Å². The molecule has 0 spiro atoms. The number of nitrogens with one attached hydrogen (secondary N) is 2. The Morgan fingerprint density at radius 3 is 2.50 bits per heavy atom. The SMILES string of the molecule is NNC(=NCCCS(N)(=O)=O)NC1CCCCC1. The number of hydrogen-bond donors (Lipinski definition) is 4. The zero-order valence-electron chi connectivity index (χ0n) is 10.6. The first-order valence-corrected chi connectivity index (χ1v) is 8.01. The molecule has 0 atom stereocenters. The summed E-state index contributed by atoms with van der Waals surface area (Å²) in [6.07, 6.45) is 6.38. The van der Waals surface area contributed by atoms with Gasteiger partial charge >= 0.3 is 0 Å². The maximum atomic E-state index is 10.7. The molecule has 1 aliphatic rings. The second kappa shape index (κ2) is 7.55. The molecule has 1 saturated carbocycles. The molecule has 0 aromatic carbocycles. The Bertz CT molecular complexity index is 362. The van der Waals surface area contributed by atoms with Crippen LogP contribution in [0.25, 0.3) is 0 Å². The van der Waals surface area contributed by atoms with E-state index in [1.807, 2.05) is 0 Å². The maximum Gasteiger partial charge on any atom is 0.209 e. The molecule has 1 aliphatic carbocycles. The summed E-state index contributed by atoms with van der Waals surface area (Å²) in [5.74, 6) is 5.84. The van der Waals surface area contributed by atoms with E-state index in [0.717, 1.165) is 12.8 Å². The van der Waals surface area contributed by atoms with Crippen molar-refractivity contribution in [1.82, 2.24) is 10.7 Å². The topological polar surface area (TPSA) is 123 Å². The summed E-state index contributed by atoms with van der Waals surface area (Å²) >= 11 is 0. The van der Waals surface area contributed by atoms with Crippen LogP contribution in [0.1, 0.15) is 38.5 Å². The molecule has 106 valence electrons. The number of sulfonamides is 1. The summed E-state index contributed by atoms with van der Waals surface area (Å²) < 4.78 is 21.5. The number of nitrogens with zero attached hydrogens (tertiary/aromatic N) is 1. The summed E-state index contributed by atoms with van der Waals surface area (Å²) in [4.78, 5) is 4.19. The van der Waals surface area contributed by atoms with E-state index in [9.17, 15) is 8.42 Å². The van der Waals surface area contributed by atoms with Crippen LogP contribution >= 0.6 is 0 Å². The molecular weight excluding hydrogens is 254 g/mol. The quantitative estimate of drug-likeness (QED) is 0.176. The summed E-state index contributed by atoms with van der Waals surface area (Å²) in [7, 11) is -3.40. The molecule has 0 aromatic rings. The lowest BCUT2D eigenvalue weighted by Crippen LogP contribution is -2.47. The molecular formula is C10H23N5O2S. The van der Waals surface area contributed by atoms with Gasteiger partial charge in [0.1, 0.15) is 0 Å². The molecule has 6 N–H and O–H groups in total. The minimum atomic E-state index is -3.40. The average Bonchev–Trinajstić information content (AvgIpc) is 2.33. The molecule has 0 saturated heterocycles. The van der Waals surface area contributed by atoms with Crippen molar-refractivity contribution in [3.8, 4) is 0 Å². The minimum absolute atomic E-state index is 0.0578. The molecule has 7 nitrogen and oxygen atoms in total. The number of nitrogens with two attached hydrogens (primary N) is 2. The fraction of sp³-hybridized carbons (Fsp3) is 0.900. The number of hydrazine groups is 1. The van der Waals surface area contributed by atoms with Gasteiger partial charge in [0.15, 0.2) is 0 Å². The van der Waals surface area contributed by atoms with E-state index in [1.165, 1.54) is 19.3 Å². The van der Waals surface area contributed by atoms with Gasteiger partial charge in [-0.15, -0.1) is 0 Å². The van der Waals surface area contributed by atoms with Crippen LogP contribution in [0.2, 0.25) is 0 Å². The van der Waals surface area contributed by atoms with Gasteiger partial charge in [-0.3, -0.25) is 10.4 Å². The lowest BCUT2D eigenvalue weighted by atomic mass is 9.96. The Kier molecular flexibility index (Phi) is 6.37. The van der Waals surface area contributed by atoms with Crippen LogP contribution in [-0.2, 0) is 10.0 Å². The van der Waals surface area contributed by atoms with E-state index in [2.05, 4.69) is 15.7 Å². The second-order valence-corrected chi connectivity index (χ2v) is 6.31. The first-order chi connectivity index (χ1) is 8.51. The van der Waals surface area contributed by atoms with Gasteiger partial charge in [0.05, 0.1) is 5.75 Å². The van der Waals surface area contributed by atoms with Crippen molar-refractivity contribution < 1.29 is 8.42 Å². The number of rotatable bonds is 5. The van der Waals surface area contributed by atoms with Gasteiger partial charge < -0.3 is 5.32 Å². The lowest BCUT2D eigenvalue weighted by molar-refractivity contribution is 0.410. The number of guanidine groups is 1. The largest absolute Gasteiger partial charge is 0.353 e. The Labute approximate surface area is 108 Å². The molecule has 8 heteroatoms. The zero-order valence-corrected chi connectivity index (χ0v) is 11.4.